The normalized spacial score (nSPS) is 17.1. The third-order valence-corrected chi connectivity index (χ3v) is 27.0. The molecule has 0 bridgehead atoms. The maximum Gasteiger partial charge on any atom is 0.121 e. The maximum atomic E-state index is 9.21. The number of para-hydroxylation sites is 2. The van der Waals surface area contributed by atoms with Crippen LogP contribution in [0.25, 0.3) is 12.2 Å². The van der Waals surface area contributed by atoms with Crippen molar-refractivity contribution in [2.75, 3.05) is 0 Å². The van der Waals surface area contributed by atoms with Crippen LogP contribution in [-0.4, -0.2) is 17.1 Å². The molecule has 4 aromatic rings. The van der Waals surface area contributed by atoms with E-state index in [1.54, 1.807) is 22.3 Å². The molecule has 4 aromatic carbocycles. The zero-order chi connectivity index (χ0) is 30.8. The van der Waals surface area contributed by atoms with Crippen LogP contribution < -0.4 is 0 Å². The van der Waals surface area contributed by atoms with E-state index >= 15 is 0 Å². The first-order valence-electron chi connectivity index (χ1n) is 14.8. The van der Waals surface area contributed by atoms with Gasteiger partial charge in [-0.05, 0) is 49.9 Å². The van der Waals surface area contributed by atoms with Crippen molar-refractivity contribution in [3.63, 3.8) is 0 Å². The fourth-order valence-electron chi connectivity index (χ4n) is 7.25. The molecular formula is C38H46O2SiZr. The molecule has 0 spiro atoms. The predicted octanol–water partition coefficient (Wildman–Crippen LogP) is 9.65. The molecule has 218 valence electrons. The number of fused-ring (bicyclic) bond motifs is 2. The minimum absolute atomic E-state index is 0.414. The average molecular weight is 654 g/mol. The van der Waals surface area contributed by atoms with Gasteiger partial charge in [0.15, 0.2) is 0 Å². The number of aryl methyl sites for hydroxylation is 4. The summed E-state index contributed by atoms with van der Waals surface area (Å²) in [6.07, 6.45) is 4.88. The summed E-state index contributed by atoms with van der Waals surface area (Å²) >= 11 is -3.15. The van der Waals surface area contributed by atoms with E-state index in [0.717, 1.165) is 22.3 Å². The SMILES string of the molecule is CC1=Cc2ccccc2[CH]1[Zr]([CH3])([CH3])(=[SiH2])[CH]1C(C)=Cc2ccccc21.Cc1cccc(C)c1O.Cc1cccc(C)c1O. The molecule has 6 rings (SSSR count). The van der Waals surface area contributed by atoms with Crippen LogP contribution >= 0.6 is 0 Å². The summed E-state index contributed by atoms with van der Waals surface area (Å²) in [7, 11) is 0. The number of rotatable bonds is 2. The standard InChI is InChI=1S/2C10H9.2C8H10O.2CH3.H2Si.Zr/c2*1-8-6-9-4-2-3-5-10(9)7-8;2*1-6-4-3-5-7(2)8(6)9;;;;/h2*2-7H,1H3;2*3-5,9H,1-2H3;2*1H3;1H2;. The summed E-state index contributed by atoms with van der Waals surface area (Å²) in [6, 6.07) is 29.6. The number of phenols is 2. The molecule has 2 unspecified atom stereocenters. The molecule has 2 nitrogen and oxygen atoms in total. The minimum atomic E-state index is -3.15. The molecule has 2 N–H and O–H groups in total. The van der Waals surface area contributed by atoms with Crippen LogP contribution in [0.1, 0.15) is 65.6 Å². The largest absolute Gasteiger partial charge is 0.507 e. The summed E-state index contributed by atoms with van der Waals surface area (Å²) in [6.45, 7) is 14.7. The first kappa shape index (κ1) is 32.0. The number of phenolic OH excluding ortho intramolecular Hbond substituents is 2. The van der Waals surface area contributed by atoms with Crippen LogP contribution in [0.15, 0.2) is 96.1 Å². The molecule has 0 amide bonds. The van der Waals surface area contributed by atoms with Crippen LogP contribution in [0.3, 0.4) is 0 Å². The van der Waals surface area contributed by atoms with Crippen molar-refractivity contribution in [1.29, 1.82) is 0 Å². The first-order valence-corrected chi connectivity index (χ1v) is 28.5. The molecule has 2 aliphatic rings. The van der Waals surface area contributed by atoms with Crippen molar-refractivity contribution < 1.29 is 27.6 Å². The Morgan fingerprint density at radius 3 is 1.12 bits per heavy atom. The number of aromatic hydroxyl groups is 2. The van der Waals surface area contributed by atoms with Crippen LogP contribution in [0.2, 0.25) is 9.26 Å². The Morgan fingerprint density at radius 1 is 0.500 bits per heavy atom. The number of allylic oxidation sites excluding steroid dienone is 2. The van der Waals surface area contributed by atoms with Gasteiger partial charge in [-0.15, -0.1) is 0 Å². The third kappa shape index (κ3) is 6.36. The van der Waals surface area contributed by atoms with Crippen LogP contribution in [0.4, 0.5) is 0 Å². The molecule has 2 atom stereocenters. The van der Waals surface area contributed by atoms with Crippen LogP contribution in [0.5, 0.6) is 11.5 Å². The second kappa shape index (κ2) is 12.3. The van der Waals surface area contributed by atoms with Gasteiger partial charge in [-0.25, -0.2) is 0 Å². The topological polar surface area (TPSA) is 40.5 Å². The Hall–Kier alpha value is -2.94. The van der Waals surface area contributed by atoms with Gasteiger partial charge in [-0.3, -0.25) is 0 Å². The summed E-state index contributed by atoms with van der Waals surface area (Å²) < 4.78 is 6.68. The Bertz CT molecular complexity index is 1590. The fraction of sp³-hybridized carbons (Fsp3) is 0.263. The van der Waals surface area contributed by atoms with Gasteiger partial charge in [-0.1, -0.05) is 36.4 Å². The summed E-state index contributed by atoms with van der Waals surface area (Å²) in [5.41, 5.74) is 13.0. The van der Waals surface area contributed by atoms with Gasteiger partial charge in [-0.2, -0.15) is 0 Å². The van der Waals surface area contributed by atoms with Gasteiger partial charge in [0.25, 0.3) is 0 Å². The van der Waals surface area contributed by atoms with Gasteiger partial charge in [0.2, 0.25) is 0 Å². The molecule has 0 fully saturated rings. The molecular weight excluding hydrogens is 608 g/mol. The van der Waals surface area contributed by atoms with E-state index in [0.29, 0.717) is 18.8 Å². The van der Waals surface area contributed by atoms with E-state index in [4.69, 9.17) is 0 Å². The van der Waals surface area contributed by atoms with Crippen molar-refractivity contribution >= 4 is 19.0 Å². The maximum absolute atomic E-state index is 9.21. The van der Waals surface area contributed by atoms with E-state index in [1.165, 1.54) is 11.1 Å². The molecule has 4 heteroatoms. The molecule has 0 aliphatic heterocycles. The summed E-state index contributed by atoms with van der Waals surface area (Å²) in [5.74, 6) is 0.829. The number of benzene rings is 4. The smallest absolute Gasteiger partial charge is 0.121 e. The molecule has 42 heavy (non-hydrogen) atoms. The van der Waals surface area contributed by atoms with Crippen molar-refractivity contribution in [3.05, 3.63) is 141 Å². The third-order valence-electron chi connectivity index (χ3n) is 9.07. The Morgan fingerprint density at radius 2 is 0.810 bits per heavy atom. The van der Waals surface area contributed by atoms with Gasteiger partial charge >= 0.3 is 149 Å². The minimum Gasteiger partial charge on any atom is -0.507 e. The van der Waals surface area contributed by atoms with Crippen LogP contribution in [-0.2, 0) is 17.4 Å². The number of hydrogen-bond donors (Lipinski definition) is 2. The average Bonchev–Trinajstić information content (AvgIpc) is 3.47. The van der Waals surface area contributed by atoms with Crippen molar-refractivity contribution in [1.82, 2.24) is 0 Å². The van der Waals surface area contributed by atoms with E-state index in [2.05, 4.69) is 90.7 Å². The second-order valence-electron chi connectivity index (χ2n) is 13.3. The predicted molar refractivity (Wildman–Crippen MR) is 181 cm³/mol. The van der Waals surface area contributed by atoms with Crippen molar-refractivity contribution in [2.45, 2.75) is 58.1 Å². The molecule has 0 heterocycles. The summed E-state index contributed by atoms with van der Waals surface area (Å²) in [4.78, 5) is 0. The quantitative estimate of drug-likeness (QED) is 0.212. The molecule has 0 saturated carbocycles. The monoisotopic (exact) mass is 652 g/mol. The molecule has 0 saturated heterocycles. The van der Waals surface area contributed by atoms with Gasteiger partial charge in [0.1, 0.15) is 11.5 Å². The van der Waals surface area contributed by atoms with E-state index in [1.807, 2.05) is 64.1 Å². The molecule has 0 aromatic heterocycles. The zero-order valence-corrected chi connectivity index (χ0v) is 30.4. The molecule has 0 radical (unpaired) electrons. The zero-order valence-electron chi connectivity index (χ0n) is 26.5. The second-order valence-corrected chi connectivity index (χ2v) is 43.8. The van der Waals surface area contributed by atoms with E-state index in [9.17, 15) is 10.2 Å². The fourth-order valence-corrected chi connectivity index (χ4v) is 28.6. The van der Waals surface area contributed by atoms with E-state index < -0.39 is 17.4 Å². The van der Waals surface area contributed by atoms with E-state index in [-0.39, 0.29) is 0 Å². The number of hydrogen-bond acceptors (Lipinski definition) is 2. The van der Waals surface area contributed by atoms with Crippen molar-refractivity contribution in [2.24, 2.45) is 0 Å². The Balaban J connectivity index is 0.000000184. The molecule has 2 aliphatic carbocycles. The van der Waals surface area contributed by atoms with Gasteiger partial charge in [0, 0.05) is 0 Å². The Labute approximate surface area is 255 Å². The van der Waals surface area contributed by atoms with Crippen LogP contribution in [0, 0.1) is 27.7 Å². The van der Waals surface area contributed by atoms with Gasteiger partial charge in [0.05, 0.1) is 0 Å². The van der Waals surface area contributed by atoms with Crippen molar-refractivity contribution in [3.8, 4) is 11.5 Å². The summed E-state index contributed by atoms with van der Waals surface area (Å²) in [5, 5.41) is 18.4. The Kier molecular flexibility index (Phi) is 9.40. The van der Waals surface area contributed by atoms with Gasteiger partial charge < -0.3 is 10.2 Å². The first-order chi connectivity index (χ1) is 19.7.